The van der Waals surface area contributed by atoms with E-state index in [1.165, 1.54) is 205 Å². The standard InChI is InChI=1S/C67H122O6/c1-4-7-10-13-16-19-22-24-26-28-30-31-32-33-34-35-36-38-39-41-43-45-48-51-54-57-60-66(69)72-63-64(62-71-65(68)59-56-53-50-47-21-18-15-12-9-6-3)73-67(70)61-58-55-52-49-46-44-42-40-37-29-27-25-23-20-17-14-11-8-5-2/h8,11,17,20,25,27,37,40,64H,4-7,9-10,12-16,18-19,21-24,26,28-36,38-39,41-63H2,1-3H3/b11-8-,20-17-,27-25-,40-37-. The van der Waals surface area contributed by atoms with Crippen molar-refractivity contribution in [3.05, 3.63) is 48.6 Å². The topological polar surface area (TPSA) is 78.9 Å². The highest BCUT2D eigenvalue weighted by atomic mass is 16.6. The van der Waals surface area contributed by atoms with Gasteiger partial charge in [0, 0.05) is 19.3 Å². The lowest BCUT2D eigenvalue weighted by Gasteiger charge is -2.18. The van der Waals surface area contributed by atoms with Gasteiger partial charge in [0.05, 0.1) is 0 Å². The molecule has 0 N–H and O–H groups in total. The van der Waals surface area contributed by atoms with Crippen LogP contribution in [-0.4, -0.2) is 37.2 Å². The first kappa shape index (κ1) is 70.4. The summed E-state index contributed by atoms with van der Waals surface area (Å²) >= 11 is 0. The quantitative estimate of drug-likeness (QED) is 0.0261. The van der Waals surface area contributed by atoms with E-state index in [4.69, 9.17) is 14.2 Å². The second-order valence-electron chi connectivity index (χ2n) is 21.7. The zero-order valence-electron chi connectivity index (χ0n) is 48.9. The molecule has 6 nitrogen and oxygen atoms in total. The molecule has 0 saturated carbocycles. The van der Waals surface area contributed by atoms with E-state index in [1.807, 2.05) is 0 Å². The maximum Gasteiger partial charge on any atom is 0.306 e. The number of carbonyl (C=O) groups excluding carboxylic acids is 3. The van der Waals surface area contributed by atoms with E-state index in [-0.39, 0.29) is 31.1 Å². The average Bonchev–Trinajstić information content (AvgIpc) is 3.39. The molecule has 0 heterocycles. The fourth-order valence-electron chi connectivity index (χ4n) is 9.56. The molecule has 73 heavy (non-hydrogen) atoms. The molecule has 0 aromatic rings. The molecule has 0 aliphatic rings. The summed E-state index contributed by atoms with van der Waals surface area (Å²) in [5.74, 6) is -0.870. The Morgan fingerprint density at radius 3 is 0.836 bits per heavy atom. The summed E-state index contributed by atoms with van der Waals surface area (Å²) in [7, 11) is 0. The Kier molecular flexibility index (Phi) is 59.7. The van der Waals surface area contributed by atoms with Crippen molar-refractivity contribution < 1.29 is 28.6 Å². The Bertz CT molecular complexity index is 1270. The van der Waals surface area contributed by atoms with Crippen LogP contribution in [0.1, 0.15) is 342 Å². The van der Waals surface area contributed by atoms with E-state index in [2.05, 4.69) is 69.4 Å². The summed E-state index contributed by atoms with van der Waals surface area (Å²) in [5.41, 5.74) is 0. The van der Waals surface area contributed by atoms with Crippen LogP contribution in [0.4, 0.5) is 0 Å². The summed E-state index contributed by atoms with van der Waals surface area (Å²) < 4.78 is 16.9. The minimum atomic E-state index is -0.777. The molecule has 0 radical (unpaired) electrons. The van der Waals surface area contributed by atoms with Gasteiger partial charge in [-0.25, -0.2) is 0 Å². The zero-order chi connectivity index (χ0) is 52.9. The fourth-order valence-corrected chi connectivity index (χ4v) is 9.56. The molecule has 0 aromatic heterocycles. The summed E-state index contributed by atoms with van der Waals surface area (Å²) in [6.07, 6.45) is 77.1. The predicted octanol–water partition coefficient (Wildman–Crippen LogP) is 21.8. The second-order valence-corrected chi connectivity index (χ2v) is 21.7. The van der Waals surface area contributed by atoms with E-state index in [0.29, 0.717) is 19.3 Å². The van der Waals surface area contributed by atoms with Crippen LogP contribution in [-0.2, 0) is 28.6 Å². The lowest BCUT2D eigenvalue weighted by molar-refractivity contribution is -0.167. The molecule has 0 saturated heterocycles. The summed E-state index contributed by atoms with van der Waals surface area (Å²) in [5, 5.41) is 0. The summed E-state index contributed by atoms with van der Waals surface area (Å²) in [4.78, 5) is 38.2. The van der Waals surface area contributed by atoms with Crippen molar-refractivity contribution in [1.82, 2.24) is 0 Å². The van der Waals surface area contributed by atoms with Gasteiger partial charge in [-0.05, 0) is 57.8 Å². The summed E-state index contributed by atoms with van der Waals surface area (Å²) in [6.45, 7) is 6.56. The largest absolute Gasteiger partial charge is 0.462 e. The number of hydrogen-bond donors (Lipinski definition) is 0. The van der Waals surface area contributed by atoms with Gasteiger partial charge in [0.2, 0.25) is 0 Å². The van der Waals surface area contributed by atoms with Crippen LogP contribution < -0.4 is 0 Å². The van der Waals surface area contributed by atoms with Crippen LogP contribution in [0.15, 0.2) is 48.6 Å². The molecule has 6 heteroatoms. The van der Waals surface area contributed by atoms with E-state index in [0.717, 1.165) is 96.3 Å². The molecule has 0 bridgehead atoms. The number of unbranched alkanes of at least 4 members (excludes halogenated alkanes) is 40. The van der Waals surface area contributed by atoms with Gasteiger partial charge >= 0.3 is 17.9 Å². The van der Waals surface area contributed by atoms with Crippen molar-refractivity contribution in [2.45, 2.75) is 348 Å². The highest BCUT2D eigenvalue weighted by Gasteiger charge is 2.19. The van der Waals surface area contributed by atoms with E-state index in [1.54, 1.807) is 0 Å². The Hall–Kier alpha value is -2.63. The molecule has 0 aromatic carbocycles. The second kappa shape index (κ2) is 61.9. The Labute approximate surface area is 454 Å². The number of allylic oxidation sites excluding steroid dienone is 8. The normalized spacial score (nSPS) is 12.3. The first-order chi connectivity index (χ1) is 36.0. The minimum absolute atomic E-state index is 0.0745. The third kappa shape index (κ3) is 60.1. The Balaban J connectivity index is 4.19. The lowest BCUT2D eigenvalue weighted by atomic mass is 10.0. The maximum absolute atomic E-state index is 12.9. The lowest BCUT2D eigenvalue weighted by Crippen LogP contribution is -2.30. The SMILES string of the molecule is CC/C=C\C/C=C\C/C=C\C/C=C\CCCCCCCCC(=O)OC(COC(=O)CCCCCCCCCCCC)COC(=O)CCCCCCCCCCCCCCCCCCCCCCCCCCCC. The van der Waals surface area contributed by atoms with Crippen molar-refractivity contribution in [3.8, 4) is 0 Å². The molecular formula is C67H122O6. The van der Waals surface area contributed by atoms with Crippen molar-refractivity contribution >= 4 is 17.9 Å². The van der Waals surface area contributed by atoms with Crippen LogP contribution in [0.25, 0.3) is 0 Å². The van der Waals surface area contributed by atoms with Crippen LogP contribution >= 0.6 is 0 Å². The number of ether oxygens (including phenoxy) is 3. The van der Waals surface area contributed by atoms with Gasteiger partial charge < -0.3 is 14.2 Å². The first-order valence-corrected chi connectivity index (χ1v) is 32.1. The van der Waals surface area contributed by atoms with Crippen molar-refractivity contribution in [2.75, 3.05) is 13.2 Å². The average molecular weight is 1020 g/mol. The van der Waals surface area contributed by atoms with Gasteiger partial charge in [0.1, 0.15) is 13.2 Å². The third-order valence-corrected chi connectivity index (χ3v) is 14.3. The number of rotatable bonds is 59. The fraction of sp³-hybridized carbons (Fsp3) is 0.836. The van der Waals surface area contributed by atoms with Crippen molar-refractivity contribution in [3.63, 3.8) is 0 Å². The van der Waals surface area contributed by atoms with E-state index >= 15 is 0 Å². The third-order valence-electron chi connectivity index (χ3n) is 14.3. The molecule has 1 atom stereocenters. The van der Waals surface area contributed by atoms with Gasteiger partial charge in [-0.2, -0.15) is 0 Å². The maximum atomic E-state index is 12.9. The van der Waals surface area contributed by atoms with Crippen molar-refractivity contribution in [2.24, 2.45) is 0 Å². The molecular weight excluding hydrogens is 901 g/mol. The highest BCUT2D eigenvalue weighted by molar-refractivity contribution is 5.71. The van der Waals surface area contributed by atoms with E-state index in [9.17, 15) is 14.4 Å². The Morgan fingerprint density at radius 1 is 0.288 bits per heavy atom. The van der Waals surface area contributed by atoms with Crippen LogP contribution in [0.2, 0.25) is 0 Å². The predicted molar refractivity (Wildman–Crippen MR) is 316 cm³/mol. The van der Waals surface area contributed by atoms with Crippen LogP contribution in [0, 0.1) is 0 Å². The number of hydrogen-bond acceptors (Lipinski definition) is 6. The monoisotopic (exact) mass is 1020 g/mol. The molecule has 0 amide bonds. The van der Waals surface area contributed by atoms with Gasteiger partial charge in [-0.3, -0.25) is 14.4 Å². The van der Waals surface area contributed by atoms with Gasteiger partial charge in [0.25, 0.3) is 0 Å². The van der Waals surface area contributed by atoms with E-state index < -0.39 is 6.10 Å². The molecule has 0 rings (SSSR count). The van der Waals surface area contributed by atoms with Gasteiger partial charge in [0.15, 0.2) is 6.10 Å². The molecule has 0 spiro atoms. The first-order valence-electron chi connectivity index (χ1n) is 32.1. The van der Waals surface area contributed by atoms with Crippen molar-refractivity contribution in [1.29, 1.82) is 0 Å². The molecule has 426 valence electrons. The number of carbonyl (C=O) groups is 3. The minimum Gasteiger partial charge on any atom is -0.462 e. The molecule has 0 aliphatic carbocycles. The van der Waals surface area contributed by atoms with Crippen LogP contribution in [0.5, 0.6) is 0 Å². The molecule has 1 unspecified atom stereocenters. The molecule has 0 fully saturated rings. The smallest absolute Gasteiger partial charge is 0.306 e. The highest BCUT2D eigenvalue weighted by Crippen LogP contribution is 2.18. The van der Waals surface area contributed by atoms with Gasteiger partial charge in [-0.1, -0.05) is 313 Å². The Morgan fingerprint density at radius 2 is 0.534 bits per heavy atom. The number of esters is 3. The van der Waals surface area contributed by atoms with Crippen LogP contribution in [0.3, 0.4) is 0 Å². The molecule has 0 aliphatic heterocycles. The summed E-state index contributed by atoms with van der Waals surface area (Å²) in [6, 6.07) is 0. The zero-order valence-corrected chi connectivity index (χ0v) is 48.9. The van der Waals surface area contributed by atoms with Gasteiger partial charge in [-0.15, -0.1) is 0 Å².